The van der Waals surface area contributed by atoms with Crippen LogP contribution < -0.4 is 4.72 Å². The van der Waals surface area contributed by atoms with E-state index >= 15 is 0 Å². The van der Waals surface area contributed by atoms with E-state index in [9.17, 15) is 12.8 Å². The van der Waals surface area contributed by atoms with Gasteiger partial charge in [0.1, 0.15) is 10.0 Å². The molecule has 0 saturated heterocycles. The summed E-state index contributed by atoms with van der Waals surface area (Å²) in [5, 5.41) is 1.74. The zero-order valence-corrected chi connectivity index (χ0v) is 13.0. The first-order valence-corrected chi connectivity index (χ1v) is 9.34. The van der Waals surface area contributed by atoms with E-state index in [4.69, 9.17) is 0 Å². The van der Waals surface area contributed by atoms with Crippen LogP contribution in [0.25, 0.3) is 0 Å². The Kier molecular flexibility index (Phi) is 5.59. The average Bonchev–Trinajstić information content (AvgIpc) is 2.95. The standard InChI is InChI=1S/C13H14FNO2S3/c14-11-4-6-12(7-5-11)18-10-2-8-15-20(16,17)13-3-1-9-19-13/h1,3-7,9,15H,2,8,10H2. The fourth-order valence-corrected chi connectivity index (χ4v) is 4.45. The van der Waals surface area contributed by atoms with Crippen LogP contribution in [0.2, 0.25) is 0 Å². The van der Waals surface area contributed by atoms with Crippen LogP contribution in [0.3, 0.4) is 0 Å². The first kappa shape index (κ1) is 15.5. The van der Waals surface area contributed by atoms with E-state index in [1.54, 1.807) is 41.4 Å². The number of sulfonamides is 1. The zero-order valence-electron chi connectivity index (χ0n) is 10.6. The molecule has 0 aliphatic rings. The lowest BCUT2D eigenvalue weighted by Gasteiger charge is -2.04. The van der Waals surface area contributed by atoms with Crippen LogP contribution in [-0.4, -0.2) is 20.7 Å². The second kappa shape index (κ2) is 7.21. The van der Waals surface area contributed by atoms with Crippen LogP contribution in [0.15, 0.2) is 50.9 Å². The predicted molar refractivity (Wildman–Crippen MR) is 81.2 cm³/mol. The van der Waals surface area contributed by atoms with Crippen LogP contribution in [0, 0.1) is 5.82 Å². The van der Waals surface area contributed by atoms with Crippen molar-refractivity contribution in [2.45, 2.75) is 15.5 Å². The summed E-state index contributed by atoms with van der Waals surface area (Å²) in [6.07, 6.45) is 0.715. The monoisotopic (exact) mass is 331 g/mol. The van der Waals surface area contributed by atoms with E-state index in [1.165, 1.54) is 23.5 Å². The highest BCUT2D eigenvalue weighted by atomic mass is 32.2. The smallest absolute Gasteiger partial charge is 0.210 e. The van der Waals surface area contributed by atoms with Crippen molar-refractivity contribution in [1.82, 2.24) is 4.72 Å². The molecular formula is C13H14FNO2S3. The Morgan fingerprint density at radius 1 is 1.20 bits per heavy atom. The van der Waals surface area contributed by atoms with Crippen molar-refractivity contribution < 1.29 is 12.8 Å². The van der Waals surface area contributed by atoms with E-state index in [2.05, 4.69) is 4.72 Å². The van der Waals surface area contributed by atoms with Crippen molar-refractivity contribution >= 4 is 33.1 Å². The number of nitrogens with one attached hydrogen (secondary N) is 1. The number of rotatable bonds is 7. The third-order valence-corrected chi connectivity index (χ3v) is 6.41. The molecule has 0 aliphatic carbocycles. The van der Waals surface area contributed by atoms with Gasteiger partial charge < -0.3 is 0 Å². The molecule has 1 aromatic carbocycles. The molecule has 1 N–H and O–H groups in total. The normalized spacial score (nSPS) is 11.7. The highest BCUT2D eigenvalue weighted by molar-refractivity contribution is 7.99. The molecule has 0 aliphatic heterocycles. The number of thiophene rings is 1. The predicted octanol–water partition coefficient (Wildman–Crippen LogP) is 3.35. The van der Waals surface area contributed by atoms with Crippen molar-refractivity contribution in [2.75, 3.05) is 12.3 Å². The van der Waals surface area contributed by atoms with Gasteiger partial charge in [-0.3, -0.25) is 0 Å². The molecule has 1 aromatic heterocycles. The summed E-state index contributed by atoms with van der Waals surface area (Å²) >= 11 is 2.78. The van der Waals surface area contributed by atoms with Gasteiger partial charge in [-0.25, -0.2) is 17.5 Å². The van der Waals surface area contributed by atoms with Gasteiger partial charge in [0.15, 0.2) is 0 Å². The van der Waals surface area contributed by atoms with Gasteiger partial charge in [0.2, 0.25) is 10.0 Å². The maximum Gasteiger partial charge on any atom is 0.250 e. The lowest BCUT2D eigenvalue weighted by molar-refractivity contribution is 0.583. The van der Waals surface area contributed by atoms with Gasteiger partial charge in [0.05, 0.1) is 0 Å². The minimum atomic E-state index is -3.36. The molecule has 20 heavy (non-hydrogen) atoms. The summed E-state index contributed by atoms with van der Waals surface area (Å²) in [7, 11) is -3.36. The van der Waals surface area contributed by atoms with Crippen molar-refractivity contribution in [2.24, 2.45) is 0 Å². The number of thioether (sulfide) groups is 1. The summed E-state index contributed by atoms with van der Waals surface area (Å²) in [6, 6.07) is 9.57. The summed E-state index contributed by atoms with van der Waals surface area (Å²) in [4.78, 5) is 0.979. The number of halogens is 1. The van der Waals surface area contributed by atoms with Gasteiger partial charge in [-0.15, -0.1) is 23.1 Å². The van der Waals surface area contributed by atoms with Gasteiger partial charge in [-0.1, -0.05) is 6.07 Å². The molecule has 0 spiro atoms. The van der Waals surface area contributed by atoms with Gasteiger partial charge in [-0.05, 0) is 47.9 Å². The molecule has 3 nitrogen and oxygen atoms in total. The largest absolute Gasteiger partial charge is 0.250 e. The molecule has 2 rings (SSSR count). The topological polar surface area (TPSA) is 46.2 Å². The molecule has 0 fully saturated rings. The Bertz CT molecular complexity index is 624. The van der Waals surface area contributed by atoms with Crippen molar-refractivity contribution in [1.29, 1.82) is 0 Å². The van der Waals surface area contributed by atoms with Gasteiger partial charge >= 0.3 is 0 Å². The first-order valence-electron chi connectivity index (χ1n) is 5.99. The molecule has 1 heterocycles. The van der Waals surface area contributed by atoms with E-state index in [1.807, 2.05) is 0 Å². The Morgan fingerprint density at radius 3 is 2.60 bits per heavy atom. The number of benzene rings is 1. The van der Waals surface area contributed by atoms with Gasteiger partial charge in [-0.2, -0.15) is 0 Å². The summed E-state index contributed by atoms with van der Waals surface area (Å²) < 4.78 is 39.2. The fourth-order valence-electron chi connectivity index (χ4n) is 1.49. The second-order valence-corrected chi connectivity index (χ2v) is 8.10. The van der Waals surface area contributed by atoms with Crippen LogP contribution in [0.4, 0.5) is 4.39 Å². The minimum Gasteiger partial charge on any atom is -0.210 e. The van der Waals surface area contributed by atoms with Gasteiger partial charge in [0, 0.05) is 11.4 Å². The Hall–Kier alpha value is -0.890. The summed E-state index contributed by atoms with van der Waals surface area (Å²) in [5.41, 5.74) is 0. The molecule has 0 radical (unpaired) electrons. The lowest BCUT2D eigenvalue weighted by Crippen LogP contribution is -2.24. The zero-order chi connectivity index (χ0) is 14.4. The quantitative estimate of drug-likeness (QED) is 0.625. The van der Waals surface area contributed by atoms with E-state index in [0.29, 0.717) is 17.2 Å². The first-order chi connectivity index (χ1) is 9.58. The molecule has 0 amide bonds. The third kappa shape index (κ3) is 4.59. The highest BCUT2D eigenvalue weighted by Gasteiger charge is 2.13. The van der Waals surface area contributed by atoms with E-state index in [0.717, 1.165) is 10.6 Å². The molecule has 0 unspecified atom stereocenters. The van der Waals surface area contributed by atoms with Crippen LogP contribution in [0.1, 0.15) is 6.42 Å². The molecule has 0 bridgehead atoms. The Balaban J connectivity index is 1.71. The second-order valence-electron chi connectivity index (χ2n) is 3.99. The van der Waals surface area contributed by atoms with Crippen LogP contribution >= 0.6 is 23.1 Å². The Labute approximate surface area is 126 Å². The molecule has 7 heteroatoms. The van der Waals surface area contributed by atoms with Crippen molar-refractivity contribution in [3.05, 3.63) is 47.6 Å². The summed E-state index contributed by atoms with van der Waals surface area (Å²) in [5.74, 6) is 0.525. The van der Waals surface area contributed by atoms with Crippen LogP contribution in [0.5, 0.6) is 0 Å². The van der Waals surface area contributed by atoms with E-state index < -0.39 is 10.0 Å². The summed E-state index contributed by atoms with van der Waals surface area (Å²) in [6.45, 7) is 0.397. The molecular weight excluding hydrogens is 317 g/mol. The molecule has 2 aromatic rings. The molecule has 108 valence electrons. The average molecular weight is 331 g/mol. The molecule has 0 atom stereocenters. The minimum absolute atomic E-state index is 0.252. The van der Waals surface area contributed by atoms with E-state index in [-0.39, 0.29) is 5.82 Å². The number of hydrogen-bond donors (Lipinski definition) is 1. The maximum atomic E-state index is 12.7. The van der Waals surface area contributed by atoms with Crippen molar-refractivity contribution in [3.8, 4) is 0 Å². The number of hydrogen-bond acceptors (Lipinski definition) is 4. The molecule has 0 saturated carbocycles. The van der Waals surface area contributed by atoms with Crippen LogP contribution in [-0.2, 0) is 10.0 Å². The fraction of sp³-hybridized carbons (Fsp3) is 0.231. The maximum absolute atomic E-state index is 12.7. The SMILES string of the molecule is O=S(=O)(NCCCSc1ccc(F)cc1)c1cccs1. The van der Waals surface area contributed by atoms with Gasteiger partial charge in [0.25, 0.3) is 0 Å². The highest BCUT2D eigenvalue weighted by Crippen LogP contribution is 2.19. The van der Waals surface area contributed by atoms with Crippen molar-refractivity contribution in [3.63, 3.8) is 0 Å². The Morgan fingerprint density at radius 2 is 1.95 bits per heavy atom. The third-order valence-electron chi connectivity index (χ3n) is 2.46. The lowest BCUT2D eigenvalue weighted by atomic mass is 10.4.